The van der Waals surface area contributed by atoms with Gasteiger partial charge in [-0.1, -0.05) is 0 Å². The van der Waals surface area contributed by atoms with Crippen molar-refractivity contribution in [3.05, 3.63) is 18.1 Å². The molecule has 1 atom stereocenters. The molecule has 126 valence electrons. The molecule has 0 N–H and O–H groups in total. The molecule has 23 heavy (non-hydrogen) atoms. The van der Waals surface area contributed by atoms with Crippen molar-refractivity contribution in [3.63, 3.8) is 0 Å². The Hall–Kier alpha value is -1.20. The first kappa shape index (κ1) is 15.3. The third kappa shape index (κ3) is 4.21. The minimum atomic E-state index is 0.656. The lowest BCUT2D eigenvalue weighted by Gasteiger charge is -2.33. The van der Waals surface area contributed by atoms with Gasteiger partial charge in [-0.15, -0.1) is 0 Å². The summed E-state index contributed by atoms with van der Waals surface area (Å²) in [5.74, 6) is 2.82. The fourth-order valence-corrected chi connectivity index (χ4v) is 3.67. The Morgan fingerprint density at radius 1 is 1.09 bits per heavy atom. The number of rotatable bonds is 6. The smallest absolute Gasteiger partial charge is 0.216 e. The monoisotopic (exact) mass is 317 g/mol. The summed E-state index contributed by atoms with van der Waals surface area (Å²) in [4.78, 5) is 11.2. The van der Waals surface area contributed by atoms with E-state index >= 15 is 0 Å². The standard InChI is InChI=1S/C18H27N3O2/c1-2-16(1)17-9-18(20-13-19-17)23-12-14-3-6-21(7-4-14)10-15-5-8-22-11-15/h9,13-16H,1-8,10-12H2. The van der Waals surface area contributed by atoms with Gasteiger partial charge in [0.2, 0.25) is 5.88 Å². The molecule has 0 radical (unpaired) electrons. The zero-order chi connectivity index (χ0) is 15.5. The minimum Gasteiger partial charge on any atom is -0.477 e. The Balaban J connectivity index is 1.19. The molecule has 2 aliphatic heterocycles. The second-order valence-electron chi connectivity index (χ2n) is 7.34. The van der Waals surface area contributed by atoms with E-state index in [1.165, 1.54) is 51.7 Å². The average molecular weight is 317 g/mol. The summed E-state index contributed by atoms with van der Waals surface area (Å²) in [6.07, 6.45) is 7.87. The molecule has 0 amide bonds. The van der Waals surface area contributed by atoms with Crippen molar-refractivity contribution in [1.29, 1.82) is 0 Å². The van der Waals surface area contributed by atoms with Crippen LogP contribution in [0.5, 0.6) is 5.88 Å². The van der Waals surface area contributed by atoms with Gasteiger partial charge in [-0.05, 0) is 57.0 Å². The lowest BCUT2D eigenvalue weighted by atomic mass is 9.96. The summed E-state index contributed by atoms with van der Waals surface area (Å²) in [5.41, 5.74) is 1.16. The van der Waals surface area contributed by atoms with E-state index in [9.17, 15) is 0 Å². The Labute approximate surface area is 138 Å². The number of hydrogen-bond donors (Lipinski definition) is 0. The number of hydrogen-bond acceptors (Lipinski definition) is 5. The lowest BCUT2D eigenvalue weighted by molar-refractivity contribution is 0.118. The first-order valence-electron chi connectivity index (χ1n) is 9.11. The summed E-state index contributed by atoms with van der Waals surface area (Å²) in [7, 11) is 0. The largest absolute Gasteiger partial charge is 0.477 e. The molecule has 0 spiro atoms. The summed E-state index contributed by atoms with van der Waals surface area (Å²) in [6.45, 7) is 6.31. The molecule has 3 fully saturated rings. The SMILES string of the molecule is c1nc(OCC2CCN(CC3CCOC3)CC2)cc(C2CC2)n1. The van der Waals surface area contributed by atoms with E-state index in [-0.39, 0.29) is 0 Å². The first-order valence-corrected chi connectivity index (χ1v) is 9.11. The molecule has 1 saturated carbocycles. The minimum absolute atomic E-state index is 0.656. The van der Waals surface area contributed by atoms with Gasteiger partial charge in [0.25, 0.3) is 0 Å². The van der Waals surface area contributed by atoms with Crippen LogP contribution in [0.1, 0.15) is 43.7 Å². The third-order valence-corrected chi connectivity index (χ3v) is 5.37. The zero-order valence-corrected chi connectivity index (χ0v) is 13.8. The molecule has 3 heterocycles. The van der Waals surface area contributed by atoms with E-state index in [1.54, 1.807) is 6.33 Å². The number of piperidine rings is 1. The Bertz CT molecular complexity index is 507. The van der Waals surface area contributed by atoms with E-state index in [2.05, 4.69) is 14.9 Å². The molecular weight excluding hydrogens is 290 g/mol. The Morgan fingerprint density at radius 3 is 2.70 bits per heavy atom. The van der Waals surface area contributed by atoms with Gasteiger partial charge in [-0.2, -0.15) is 0 Å². The van der Waals surface area contributed by atoms with Crippen LogP contribution in [0, 0.1) is 11.8 Å². The lowest BCUT2D eigenvalue weighted by Crippen LogP contribution is -2.38. The molecule has 0 aromatic carbocycles. The van der Waals surface area contributed by atoms with Crippen molar-refractivity contribution in [2.24, 2.45) is 11.8 Å². The van der Waals surface area contributed by atoms with E-state index in [1.807, 2.05) is 6.07 Å². The van der Waals surface area contributed by atoms with Crippen molar-refractivity contribution < 1.29 is 9.47 Å². The maximum absolute atomic E-state index is 5.94. The highest BCUT2D eigenvalue weighted by Crippen LogP contribution is 2.39. The predicted molar refractivity (Wildman–Crippen MR) is 87.6 cm³/mol. The molecule has 1 unspecified atom stereocenters. The van der Waals surface area contributed by atoms with Crippen molar-refractivity contribution in [3.8, 4) is 5.88 Å². The van der Waals surface area contributed by atoms with Crippen LogP contribution in [-0.2, 0) is 4.74 Å². The molecule has 2 saturated heterocycles. The van der Waals surface area contributed by atoms with Crippen LogP contribution in [0.15, 0.2) is 12.4 Å². The number of ether oxygens (including phenoxy) is 2. The van der Waals surface area contributed by atoms with Gasteiger partial charge >= 0.3 is 0 Å². The average Bonchev–Trinajstić information content (AvgIpc) is 3.33. The van der Waals surface area contributed by atoms with Gasteiger partial charge in [0.05, 0.1) is 18.9 Å². The van der Waals surface area contributed by atoms with E-state index in [0.29, 0.717) is 11.8 Å². The second kappa shape index (κ2) is 7.14. The fourth-order valence-electron chi connectivity index (χ4n) is 3.67. The Morgan fingerprint density at radius 2 is 1.96 bits per heavy atom. The first-order chi connectivity index (χ1) is 11.4. The summed E-state index contributed by atoms with van der Waals surface area (Å²) in [5, 5.41) is 0. The van der Waals surface area contributed by atoms with Crippen LogP contribution in [0.25, 0.3) is 0 Å². The van der Waals surface area contributed by atoms with Gasteiger partial charge in [0.15, 0.2) is 0 Å². The zero-order valence-electron chi connectivity index (χ0n) is 13.8. The highest BCUT2D eigenvalue weighted by molar-refractivity contribution is 5.20. The maximum atomic E-state index is 5.94. The maximum Gasteiger partial charge on any atom is 0.216 e. The van der Waals surface area contributed by atoms with Crippen LogP contribution < -0.4 is 4.74 Å². The molecule has 4 rings (SSSR count). The second-order valence-corrected chi connectivity index (χ2v) is 7.34. The number of likely N-dealkylation sites (tertiary alicyclic amines) is 1. The topological polar surface area (TPSA) is 47.5 Å². The van der Waals surface area contributed by atoms with Crippen molar-refractivity contribution in [2.75, 3.05) is 39.5 Å². The van der Waals surface area contributed by atoms with Crippen LogP contribution in [0.4, 0.5) is 0 Å². The molecule has 5 nitrogen and oxygen atoms in total. The van der Waals surface area contributed by atoms with Gasteiger partial charge in [-0.25, -0.2) is 9.97 Å². The normalized spacial score (nSPS) is 26.5. The third-order valence-electron chi connectivity index (χ3n) is 5.37. The summed E-state index contributed by atoms with van der Waals surface area (Å²) >= 11 is 0. The molecule has 5 heteroatoms. The molecule has 1 aromatic rings. The van der Waals surface area contributed by atoms with E-state index in [0.717, 1.165) is 37.3 Å². The molecule has 1 aromatic heterocycles. The fraction of sp³-hybridized carbons (Fsp3) is 0.778. The van der Waals surface area contributed by atoms with Gasteiger partial charge in [0, 0.05) is 25.1 Å². The van der Waals surface area contributed by atoms with Crippen LogP contribution in [0.2, 0.25) is 0 Å². The number of nitrogens with zero attached hydrogens (tertiary/aromatic N) is 3. The van der Waals surface area contributed by atoms with E-state index in [4.69, 9.17) is 9.47 Å². The van der Waals surface area contributed by atoms with Gasteiger partial charge < -0.3 is 14.4 Å². The van der Waals surface area contributed by atoms with Gasteiger partial charge in [0.1, 0.15) is 6.33 Å². The van der Waals surface area contributed by atoms with Crippen molar-refractivity contribution in [2.45, 2.75) is 38.0 Å². The molecule has 1 aliphatic carbocycles. The highest BCUT2D eigenvalue weighted by Gasteiger charge is 2.26. The quantitative estimate of drug-likeness (QED) is 0.807. The molecule has 3 aliphatic rings. The predicted octanol–water partition coefficient (Wildman–Crippen LogP) is 2.48. The van der Waals surface area contributed by atoms with Crippen LogP contribution in [-0.4, -0.2) is 54.3 Å². The van der Waals surface area contributed by atoms with Crippen LogP contribution >= 0.6 is 0 Å². The van der Waals surface area contributed by atoms with Crippen LogP contribution in [0.3, 0.4) is 0 Å². The number of aromatic nitrogens is 2. The van der Waals surface area contributed by atoms with Crippen molar-refractivity contribution >= 4 is 0 Å². The van der Waals surface area contributed by atoms with Gasteiger partial charge in [-0.3, -0.25) is 0 Å². The molecular formula is C18H27N3O2. The van der Waals surface area contributed by atoms with E-state index < -0.39 is 0 Å². The highest BCUT2D eigenvalue weighted by atomic mass is 16.5. The summed E-state index contributed by atoms with van der Waals surface area (Å²) < 4.78 is 11.4. The van der Waals surface area contributed by atoms with Crippen molar-refractivity contribution in [1.82, 2.24) is 14.9 Å². The molecule has 0 bridgehead atoms. The Kier molecular flexibility index (Phi) is 4.76. The summed E-state index contributed by atoms with van der Waals surface area (Å²) in [6, 6.07) is 2.03.